The van der Waals surface area contributed by atoms with Gasteiger partial charge in [0.25, 0.3) is 5.91 Å². The quantitative estimate of drug-likeness (QED) is 0.693. The van der Waals surface area contributed by atoms with Gasteiger partial charge in [0.1, 0.15) is 11.5 Å². The van der Waals surface area contributed by atoms with Gasteiger partial charge in [0, 0.05) is 19.4 Å². The molecular weight excluding hydrogens is 404 g/mol. The molecule has 0 aromatic heterocycles. The molecule has 0 spiro atoms. The molecule has 0 saturated carbocycles. The van der Waals surface area contributed by atoms with Gasteiger partial charge in [-0.05, 0) is 49.2 Å². The number of hydrogen-bond donors (Lipinski definition) is 1. The van der Waals surface area contributed by atoms with Crippen LogP contribution in [0.15, 0.2) is 59.7 Å². The van der Waals surface area contributed by atoms with Crippen LogP contribution in [0.4, 0.5) is 0 Å². The lowest BCUT2D eigenvalue weighted by Crippen LogP contribution is -2.42. The lowest BCUT2D eigenvalue weighted by Gasteiger charge is -2.29. The standard InChI is InChI=1S/C25H30N4O3/c1-32-21-11-9-20(10-12-21)23(28-15-5-6-16-28)17-26-25(31)22-13-14-24(30)29(27-22)18-19-7-3-2-4-8-19/h2-4,7-12,23H,5-6,13-18H2,1H3,(H,26,31). The third-order valence-electron chi connectivity index (χ3n) is 6.08. The van der Waals surface area contributed by atoms with Crippen molar-refractivity contribution < 1.29 is 14.3 Å². The summed E-state index contributed by atoms with van der Waals surface area (Å²) in [5.41, 5.74) is 2.55. The van der Waals surface area contributed by atoms with Gasteiger partial charge in [-0.2, -0.15) is 5.10 Å². The van der Waals surface area contributed by atoms with Crippen molar-refractivity contribution in [2.75, 3.05) is 26.7 Å². The molecule has 2 aromatic rings. The van der Waals surface area contributed by atoms with Gasteiger partial charge in [0.05, 0.1) is 19.7 Å². The third kappa shape index (κ3) is 5.34. The van der Waals surface area contributed by atoms with E-state index in [1.807, 2.05) is 42.5 Å². The van der Waals surface area contributed by atoms with Crippen molar-refractivity contribution in [2.24, 2.45) is 5.10 Å². The molecule has 0 aliphatic carbocycles. The third-order valence-corrected chi connectivity index (χ3v) is 6.08. The van der Waals surface area contributed by atoms with Gasteiger partial charge >= 0.3 is 0 Å². The number of benzene rings is 2. The van der Waals surface area contributed by atoms with Crippen molar-refractivity contribution in [2.45, 2.75) is 38.3 Å². The number of carbonyl (C=O) groups is 2. The summed E-state index contributed by atoms with van der Waals surface area (Å²) in [6, 6.07) is 17.8. The first-order valence-electron chi connectivity index (χ1n) is 11.2. The van der Waals surface area contributed by atoms with Crippen molar-refractivity contribution in [3.63, 3.8) is 0 Å². The van der Waals surface area contributed by atoms with E-state index in [2.05, 4.69) is 27.5 Å². The van der Waals surface area contributed by atoms with Crippen LogP contribution in [0, 0.1) is 0 Å². The zero-order valence-corrected chi connectivity index (χ0v) is 18.5. The van der Waals surface area contributed by atoms with Crippen molar-refractivity contribution in [3.05, 3.63) is 65.7 Å². The maximum Gasteiger partial charge on any atom is 0.267 e. The van der Waals surface area contributed by atoms with E-state index in [0.717, 1.165) is 30.0 Å². The van der Waals surface area contributed by atoms with E-state index in [4.69, 9.17) is 4.74 Å². The van der Waals surface area contributed by atoms with Crippen LogP contribution in [0.25, 0.3) is 0 Å². The van der Waals surface area contributed by atoms with Crippen LogP contribution in [-0.2, 0) is 16.1 Å². The molecule has 2 aromatic carbocycles. The Morgan fingerprint density at radius 2 is 1.78 bits per heavy atom. The van der Waals surface area contributed by atoms with Crippen molar-refractivity contribution in [1.82, 2.24) is 15.2 Å². The van der Waals surface area contributed by atoms with Gasteiger partial charge in [0.15, 0.2) is 0 Å². The monoisotopic (exact) mass is 434 g/mol. The SMILES string of the molecule is COc1ccc(C(CNC(=O)C2=NN(Cc3ccccc3)C(=O)CC2)N2CCCC2)cc1. The van der Waals surface area contributed by atoms with E-state index >= 15 is 0 Å². The molecule has 1 atom stereocenters. The van der Waals surface area contributed by atoms with Crippen LogP contribution >= 0.6 is 0 Å². The molecule has 2 heterocycles. The Morgan fingerprint density at radius 1 is 1.06 bits per heavy atom. The molecule has 2 aliphatic heterocycles. The summed E-state index contributed by atoms with van der Waals surface area (Å²) in [7, 11) is 1.66. The summed E-state index contributed by atoms with van der Waals surface area (Å²) >= 11 is 0. The molecule has 2 aliphatic rings. The number of hydrogen-bond acceptors (Lipinski definition) is 5. The Morgan fingerprint density at radius 3 is 2.47 bits per heavy atom. The normalized spacial score (nSPS) is 17.7. The minimum atomic E-state index is -0.201. The molecular formula is C25H30N4O3. The second-order valence-electron chi connectivity index (χ2n) is 8.23. The number of nitrogens with one attached hydrogen (secondary N) is 1. The molecule has 4 rings (SSSR count). The molecule has 1 unspecified atom stereocenters. The first kappa shape index (κ1) is 22.0. The second kappa shape index (κ2) is 10.4. The van der Waals surface area contributed by atoms with Crippen LogP contribution in [0.3, 0.4) is 0 Å². The van der Waals surface area contributed by atoms with Crippen LogP contribution in [-0.4, -0.2) is 54.2 Å². The van der Waals surface area contributed by atoms with Crippen LogP contribution in [0.5, 0.6) is 5.75 Å². The fourth-order valence-corrected chi connectivity index (χ4v) is 4.27. The molecule has 168 valence electrons. The smallest absolute Gasteiger partial charge is 0.267 e. The minimum Gasteiger partial charge on any atom is -0.497 e. The van der Waals surface area contributed by atoms with Crippen LogP contribution in [0.1, 0.15) is 42.9 Å². The van der Waals surface area contributed by atoms with Gasteiger partial charge in [-0.25, -0.2) is 5.01 Å². The van der Waals surface area contributed by atoms with Crippen LogP contribution < -0.4 is 10.1 Å². The Kier molecular flexibility index (Phi) is 7.17. The lowest BCUT2D eigenvalue weighted by molar-refractivity contribution is -0.132. The van der Waals surface area contributed by atoms with Crippen molar-refractivity contribution >= 4 is 17.5 Å². The van der Waals surface area contributed by atoms with E-state index in [-0.39, 0.29) is 17.9 Å². The van der Waals surface area contributed by atoms with Gasteiger partial charge in [-0.1, -0.05) is 42.5 Å². The average Bonchev–Trinajstić information content (AvgIpc) is 3.36. The van der Waals surface area contributed by atoms with Gasteiger partial charge in [-0.15, -0.1) is 0 Å². The lowest BCUT2D eigenvalue weighted by atomic mass is 10.0. The number of hydrazone groups is 1. The Bertz CT molecular complexity index is 953. The van der Waals surface area contributed by atoms with E-state index in [0.29, 0.717) is 31.6 Å². The van der Waals surface area contributed by atoms with Crippen molar-refractivity contribution in [3.8, 4) is 5.75 Å². The van der Waals surface area contributed by atoms with E-state index in [1.54, 1.807) is 7.11 Å². The zero-order chi connectivity index (χ0) is 22.3. The highest BCUT2D eigenvalue weighted by Gasteiger charge is 2.27. The van der Waals surface area contributed by atoms with E-state index in [9.17, 15) is 9.59 Å². The molecule has 1 saturated heterocycles. The summed E-state index contributed by atoms with van der Waals surface area (Å²) < 4.78 is 5.28. The molecule has 1 fully saturated rings. The number of nitrogens with zero attached hydrogens (tertiary/aromatic N) is 3. The summed E-state index contributed by atoms with van der Waals surface area (Å²) in [5, 5.41) is 8.87. The molecule has 7 nitrogen and oxygen atoms in total. The first-order chi connectivity index (χ1) is 15.6. The second-order valence-corrected chi connectivity index (χ2v) is 8.23. The Labute approximate surface area is 189 Å². The molecule has 1 N–H and O–H groups in total. The zero-order valence-electron chi connectivity index (χ0n) is 18.5. The van der Waals surface area contributed by atoms with Gasteiger partial charge in [0.2, 0.25) is 5.91 Å². The molecule has 0 radical (unpaired) electrons. The number of amides is 2. The largest absolute Gasteiger partial charge is 0.497 e. The minimum absolute atomic E-state index is 0.0569. The van der Waals surface area contributed by atoms with Crippen LogP contribution in [0.2, 0.25) is 0 Å². The average molecular weight is 435 g/mol. The molecule has 0 bridgehead atoms. The highest BCUT2D eigenvalue weighted by atomic mass is 16.5. The number of likely N-dealkylation sites (tertiary alicyclic amines) is 1. The summed E-state index contributed by atoms with van der Waals surface area (Å²) in [5.74, 6) is 0.560. The number of carbonyl (C=O) groups excluding carboxylic acids is 2. The predicted molar refractivity (Wildman–Crippen MR) is 123 cm³/mol. The van der Waals surface area contributed by atoms with Gasteiger partial charge in [-0.3, -0.25) is 14.5 Å². The number of ether oxygens (including phenoxy) is 1. The maximum absolute atomic E-state index is 12.9. The highest BCUT2D eigenvalue weighted by Crippen LogP contribution is 2.26. The highest BCUT2D eigenvalue weighted by molar-refractivity contribution is 6.39. The predicted octanol–water partition coefficient (Wildman–Crippen LogP) is 3.13. The van der Waals surface area contributed by atoms with Gasteiger partial charge < -0.3 is 10.1 Å². The summed E-state index contributed by atoms with van der Waals surface area (Å²) in [6.07, 6.45) is 3.01. The van der Waals surface area contributed by atoms with E-state index in [1.165, 1.54) is 17.9 Å². The molecule has 2 amide bonds. The number of methoxy groups -OCH3 is 1. The maximum atomic E-state index is 12.9. The summed E-state index contributed by atoms with van der Waals surface area (Å²) in [6.45, 7) is 2.91. The van der Waals surface area contributed by atoms with Crippen molar-refractivity contribution in [1.29, 1.82) is 0 Å². The topological polar surface area (TPSA) is 74.2 Å². The fraction of sp³-hybridized carbons (Fsp3) is 0.400. The van der Waals surface area contributed by atoms with E-state index < -0.39 is 0 Å². The molecule has 32 heavy (non-hydrogen) atoms. The Hall–Kier alpha value is -3.19. The Balaban J connectivity index is 1.43. The molecule has 7 heteroatoms. The first-order valence-corrected chi connectivity index (χ1v) is 11.2. The fourth-order valence-electron chi connectivity index (χ4n) is 4.27. The number of rotatable bonds is 8. The summed E-state index contributed by atoms with van der Waals surface area (Å²) in [4.78, 5) is 27.7.